The summed E-state index contributed by atoms with van der Waals surface area (Å²) in [5, 5.41) is 4.60. The molecule has 3 N–H and O–H groups in total. The molecule has 5 heteroatoms. The smallest absolute Gasteiger partial charge is 0.258 e. The standard InChI is InChI=1S/C11H9FN2OS/c12-8-3-1-2-4-9(8)14-11(15)7-5-6-16-10(7)13/h1-6H,13H2,(H,14,15). The van der Waals surface area contributed by atoms with Gasteiger partial charge in [0.2, 0.25) is 0 Å². The topological polar surface area (TPSA) is 55.1 Å². The Morgan fingerprint density at radius 1 is 1.31 bits per heavy atom. The lowest BCUT2D eigenvalue weighted by molar-refractivity contribution is 0.102. The van der Waals surface area contributed by atoms with Crippen molar-refractivity contribution in [1.29, 1.82) is 0 Å². The van der Waals surface area contributed by atoms with Crippen molar-refractivity contribution < 1.29 is 9.18 Å². The second kappa shape index (κ2) is 4.32. The normalized spacial score (nSPS) is 10.1. The first-order valence-electron chi connectivity index (χ1n) is 4.57. The van der Waals surface area contributed by atoms with Gasteiger partial charge in [0.1, 0.15) is 5.82 Å². The van der Waals surface area contributed by atoms with Crippen LogP contribution in [0, 0.1) is 5.82 Å². The van der Waals surface area contributed by atoms with Crippen LogP contribution in [0.5, 0.6) is 0 Å². The van der Waals surface area contributed by atoms with Gasteiger partial charge in [-0.3, -0.25) is 4.79 Å². The van der Waals surface area contributed by atoms with E-state index in [2.05, 4.69) is 5.32 Å². The Labute approximate surface area is 95.7 Å². The summed E-state index contributed by atoms with van der Waals surface area (Å²) in [6.07, 6.45) is 0. The molecule has 0 saturated heterocycles. The van der Waals surface area contributed by atoms with Gasteiger partial charge in [-0.15, -0.1) is 11.3 Å². The summed E-state index contributed by atoms with van der Waals surface area (Å²) in [6, 6.07) is 7.60. The maximum Gasteiger partial charge on any atom is 0.258 e. The fourth-order valence-electron chi connectivity index (χ4n) is 1.26. The Morgan fingerprint density at radius 2 is 2.06 bits per heavy atom. The molecule has 0 aliphatic carbocycles. The van der Waals surface area contributed by atoms with Gasteiger partial charge >= 0.3 is 0 Å². The molecule has 0 atom stereocenters. The van der Waals surface area contributed by atoms with Crippen LogP contribution in [0.15, 0.2) is 35.7 Å². The van der Waals surface area contributed by atoms with E-state index in [-0.39, 0.29) is 5.69 Å². The zero-order valence-electron chi connectivity index (χ0n) is 8.24. The van der Waals surface area contributed by atoms with Crippen molar-refractivity contribution >= 4 is 27.9 Å². The van der Waals surface area contributed by atoms with Gasteiger partial charge in [0.25, 0.3) is 5.91 Å². The lowest BCUT2D eigenvalue weighted by Crippen LogP contribution is -2.13. The van der Waals surface area contributed by atoms with E-state index in [9.17, 15) is 9.18 Å². The minimum atomic E-state index is -0.468. The minimum absolute atomic E-state index is 0.151. The van der Waals surface area contributed by atoms with Crippen LogP contribution in [0.1, 0.15) is 10.4 Å². The Morgan fingerprint density at radius 3 is 2.69 bits per heavy atom. The molecular weight excluding hydrogens is 227 g/mol. The Bertz CT molecular complexity index is 524. The number of carbonyl (C=O) groups is 1. The molecule has 0 fully saturated rings. The maximum absolute atomic E-state index is 13.2. The molecule has 0 unspecified atom stereocenters. The highest BCUT2D eigenvalue weighted by molar-refractivity contribution is 7.14. The van der Waals surface area contributed by atoms with E-state index in [0.717, 1.165) is 0 Å². The number of nitrogens with two attached hydrogens (primary N) is 1. The fourth-order valence-corrected chi connectivity index (χ4v) is 1.90. The first-order chi connectivity index (χ1) is 7.68. The van der Waals surface area contributed by atoms with Crippen LogP contribution < -0.4 is 11.1 Å². The quantitative estimate of drug-likeness (QED) is 0.842. The molecule has 0 bridgehead atoms. The van der Waals surface area contributed by atoms with E-state index < -0.39 is 11.7 Å². The number of benzene rings is 1. The summed E-state index contributed by atoms with van der Waals surface area (Å²) in [4.78, 5) is 11.7. The largest absolute Gasteiger partial charge is 0.390 e. The molecule has 2 rings (SSSR count). The van der Waals surface area contributed by atoms with Gasteiger partial charge in [0.05, 0.1) is 16.3 Å². The van der Waals surface area contributed by atoms with Gasteiger partial charge < -0.3 is 11.1 Å². The summed E-state index contributed by atoms with van der Waals surface area (Å²) in [5.41, 5.74) is 6.12. The third-order valence-electron chi connectivity index (χ3n) is 2.06. The molecule has 0 saturated carbocycles. The molecule has 16 heavy (non-hydrogen) atoms. The molecule has 1 aromatic carbocycles. The number of carbonyl (C=O) groups excluding carboxylic acids is 1. The van der Waals surface area contributed by atoms with E-state index in [4.69, 9.17) is 5.73 Å². The van der Waals surface area contributed by atoms with E-state index in [1.54, 1.807) is 23.6 Å². The maximum atomic E-state index is 13.2. The second-order valence-corrected chi connectivity index (χ2v) is 4.08. The predicted octanol–water partition coefficient (Wildman–Crippen LogP) is 2.72. The number of halogens is 1. The fraction of sp³-hybridized carbons (Fsp3) is 0. The Hall–Kier alpha value is -1.88. The highest BCUT2D eigenvalue weighted by Gasteiger charge is 2.12. The summed E-state index contributed by atoms with van der Waals surface area (Å²) in [6.45, 7) is 0. The van der Waals surface area contributed by atoms with Crippen LogP contribution in [0.2, 0.25) is 0 Å². The molecule has 82 valence electrons. The van der Waals surface area contributed by atoms with Crippen molar-refractivity contribution in [2.45, 2.75) is 0 Å². The summed E-state index contributed by atoms with van der Waals surface area (Å²) in [5.74, 6) is -0.867. The van der Waals surface area contributed by atoms with Gasteiger partial charge in [0.15, 0.2) is 0 Å². The highest BCUT2D eigenvalue weighted by atomic mass is 32.1. The lowest BCUT2D eigenvalue weighted by Gasteiger charge is -2.05. The summed E-state index contributed by atoms with van der Waals surface area (Å²) in [7, 11) is 0. The number of rotatable bonds is 2. The number of hydrogen-bond acceptors (Lipinski definition) is 3. The molecular formula is C11H9FN2OS. The van der Waals surface area contributed by atoms with Crippen molar-refractivity contribution in [2.24, 2.45) is 0 Å². The molecule has 0 aliphatic rings. The molecule has 1 amide bonds. The number of nitrogen functional groups attached to an aromatic ring is 1. The van der Waals surface area contributed by atoms with E-state index in [1.807, 2.05) is 0 Å². The van der Waals surface area contributed by atoms with Crippen molar-refractivity contribution in [3.05, 3.63) is 47.1 Å². The Kier molecular flexibility index (Phi) is 2.87. The van der Waals surface area contributed by atoms with Crippen LogP contribution in [0.25, 0.3) is 0 Å². The first kappa shape index (κ1) is 10.6. The third-order valence-corrected chi connectivity index (χ3v) is 2.81. The van der Waals surface area contributed by atoms with Gasteiger partial charge in [-0.1, -0.05) is 12.1 Å². The monoisotopic (exact) mass is 236 g/mol. The first-order valence-corrected chi connectivity index (χ1v) is 5.45. The molecule has 1 heterocycles. The summed E-state index contributed by atoms with van der Waals surface area (Å²) < 4.78 is 13.2. The molecule has 0 radical (unpaired) electrons. The zero-order chi connectivity index (χ0) is 11.5. The second-order valence-electron chi connectivity index (χ2n) is 3.13. The summed E-state index contributed by atoms with van der Waals surface area (Å²) >= 11 is 1.27. The number of hydrogen-bond donors (Lipinski definition) is 2. The molecule has 2 aromatic rings. The van der Waals surface area contributed by atoms with Crippen LogP contribution in [0.4, 0.5) is 15.1 Å². The molecule has 3 nitrogen and oxygen atoms in total. The van der Waals surface area contributed by atoms with Crippen LogP contribution in [-0.2, 0) is 0 Å². The molecule has 0 aliphatic heterocycles. The predicted molar refractivity (Wildman–Crippen MR) is 63.1 cm³/mol. The SMILES string of the molecule is Nc1sccc1C(=O)Nc1ccccc1F. The molecule has 0 spiro atoms. The number of amides is 1. The minimum Gasteiger partial charge on any atom is -0.390 e. The van der Waals surface area contributed by atoms with Crippen molar-refractivity contribution in [2.75, 3.05) is 11.1 Å². The van der Waals surface area contributed by atoms with Gasteiger partial charge in [0, 0.05) is 0 Å². The average Bonchev–Trinajstić information content (AvgIpc) is 2.68. The molecule has 1 aromatic heterocycles. The highest BCUT2D eigenvalue weighted by Crippen LogP contribution is 2.21. The van der Waals surface area contributed by atoms with E-state index in [1.165, 1.54) is 23.5 Å². The van der Waals surface area contributed by atoms with Gasteiger partial charge in [-0.05, 0) is 23.6 Å². The Balaban J connectivity index is 2.21. The van der Waals surface area contributed by atoms with Crippen LogP contribution in [0.3, 0.4) is 0 Å². The zero-order valence-corrected chi connectivity index (χ0v) is 9.05. The number of thiophene rings is 1. The van der Waals surface area contributed by atoms with Crippen LogP contribution in [-0.4, -0.2) is 5.91 Å². The van der Waals surface area contributed by atoms with Crippen LogP contribution >= 0.6 is 11.3 Å². The number of para-hydroxylation sites is 1. The van der Waals surface area contributed by atoms with Crippen molar-refractivity contribution in [3.63, 3.8) is 0 Å². The lowest BCUT2D eigenvalue weighted by atomic mass is 10.2. The van der Waals surface area contributed by atoms with E-state index in [0.29, 0.717) is 10.6 Å². The average molecular weight is 236 g/mol. The number of anilines is 2. The van der Waals surface area contributed by atoms with Gasteiger partial charge in [-0.25, -0.2) is 4.39 Å². The van der Waals surface area contributed by atoms with Crippen molar-refractivity contribution in [1.82, 2.24) is 0 Å². The van der Waals surface area contributed by atoms with E-state index >= 15 is 0 Å². The third kappa shape index (κ3) is 2.04. The van der Waals surface area contributed by atoms with Gasteiger partial charge in [-0.2, -0.15) is 0 Å². The van der Waals surface area contributed by atoms with Crippen molar-refractivity contribution in [3.8, 4) is 0 Å². The number of nitrogens with one attached hydrogen (secondary N) is 1.